The number of anilines is 1. The molecule has 1 saturated carbocycles. The van der Waals surface area contributed by atoms with Gasteiger partial charge in [-0.1, -0.05) is 36.4 Å². The zero-order valence-electron chi connectivity index (χ0n) is 13.1. The highest BCUT2D eigenvalue weighted by molar-refractivity contribution is 5.94. The number of halogens is 3. The number of fused-ring (bicyclic) bond motifs is 3. The summed E-state index contributed by atoms with van der Waals surface area (Å²) in [6.07, 6.45) is -3.79. The predicted molar refractivity (Wildman–Crippen MR) is 88.5 cm³/mol. The molecule has 0 bridgehead atoms. The number of nitrogens with one attached hydrogen (secondary N) is 1. The van der Waals surface area contributed by atoms with Crippen LogP contribution in [-0.4, -0.2) is 18.4 Å². The van der Waals surface area contributed by atoms with E-state index in [4.69, 9.17) is 5.73 Å². The molecule has 0 radical (unpaired) electrons. The molecule has 0 saturated heterocycles. The molecule has 3 N–H and O–H groups in total. The van der Waals surface area contributed by atoms with Crippen molar-refractivity contribution in [3.63, 3.8) is 0 Å². The molecule has 3 unspecified atom stereocenters. The molecular formula is C18H16F3N3O. The summed E-state index contributed by atoms with van der Waals surface area (Å²) in [6, 6.07) is 14.1. The van der Waals surface area contributed by atoms with E-state index in [1.807, 2.05) is 12.1 Å². The fourth-order valence-electron chi connectivity index (χ4n) is 3.61. The summed E-state index contributed by atoms with van der Waals surface area (Å²) < 4.78 is 41.4. The molecule has 2 aliphatic rings. The molecule has 0 spiro atoms. The fourth-order valence-corrected chi connectivity index (χ4v) is 3.61. The summed E-state index contributed by atoms with van der Waals surface area (Å²) in [5, 5.41) is 2.72. The second-order valence-corrected chi connectivity index (χ2v) is 6.27. The maximum Gasteiger partial charge on any atom is 0.573 e. The normalized spacial score (nSPS) is 24.4. The number of para-hydroxylation sites is 2. The first-order valence-corrected chi connectivity index (χ1v) is 7.95. The molecule has 25 heavy (non-hydrogen) atoms. The van der Waals surface area contributed by atoms with E-state index >= 15 is 0 Å². The van der Waals surface area contributed by atoms with Gasteiger partial charge in [-0.2, -0.15) is 0 Å². The number of hydrogen-bond acceptors (Lipinski definition) is 2. The summed E-state index contributed by atoms with van der Waals surface area (Å²) in [5.41, 5.74) is 8.68. The summed E-state index contributed by atoms with van der Waals surface area (Å²) in [6.45, 7) is 0. The molecule has 130 valence electrons. The van der Waals surface area contributed by atoms with E-state index in [0.717, 1.165) is 6.42 Å². The Kier molecular flexibility index (Phi) is 3.59. The van der Waals surface area contributed by atoms with Gasteiger partial charge in [0, 0.05) is 5.92 Å². The van der Waals surface area contributed by atoms with Crippen LogP contribution in [0.15, 0.2) is 53.5 Å². The van der Waals surface area contributed by atoms with Crippen LogP contribution >= 0.6 is 0 Å². The van der Waals surface area contributed by atoms with Crippen molar-refractivity contribution in [2.45, 2.75) is 24.7 Å². The van der Waals surface area contributed by atoms with E-state index in [1.54, 1.807) is 6.07 Å². The van der Waals surface area contributed by atoms with Crippen LogP contribution < -0.4 is 15.8 Å². The van der Waals surface area contributed by atoms with Crippen LogP contribution in [0, 0.1) is 5.92 Å². The van der Waals surface area contributed by atoms with Gasteiger partial charge in [-0.25, -0.2) is 4.99 Å². The predicted octanol–water partition coefficient (Wildman–Crippen LogP) is 3.65. The molecule has 2 aromatic carbocycles. The zero-order valence-corrected chi connectivity index (χ0v) is 13.1. The van der Waals surface area contributed by atoms with Crippen molar-refractivity contribution in [1.29, 1.82) is 0 Å². The molecule has 1 fully saturated rings. The van der Waals surface area contributed by atoms with Gasteiger partial charge in [-0.05, 0) is 35.6 Å². The minimum Gasteiger partial charge on any atom is -0.404 e. The highest BCUT2D eigenvalue weighted by Gasteiger charge is 2.55. The van der Waals surface area contributed by atoms with Crippen LogP contribution in [0.1, 0.15) is 17.0 Å². The van der Waals surface area contributed by atoms with Gasteiger partial charge in [0.2, 0.25) is 0 Å². The van der Waals surface area contributed by atoms with Crippen LogP contribution in [0.4, 0.5) is 18.9 Å². The number of nitrogens with two attached hydrogens (primary N) is 1. The van der Waals surface area contributed by atoms with E-state index in [0.29, 0.717) is 11.8 Å². The third kappa shape index (κ3) is 3.14. The third-order valence-electron chi connectivity index (χ3n) is 4.66. The van der Waals surface area contributed by atoms with E-state index < -0.39 is 6.36 Å². The van der Waals surface area contributed by atoms with Crippen molar-refractivity contribution in [2.24, 2.45) is 16.6 Å². The van der Waals surface area contributed by atoms with Crippen molar-refractivity contribution in [1.82, 2.24) is 0 Å². The smallest absolute Gasteiger partial charge is 0.404 e. The Labute approximate surface area is 142 Å². The van der Waals surface area contributed by atoms with Crippen molar-refractivity contribution in [3.05, 3.63) is 59.7 Å². The van der Waals surface area contributed by atoms with E-state index in [-0.39, 0.29) is 23.4 Å². The lowest BCUT2D eigenvalue weighted by molar-refractivity contribution is -0.274. The molecule has 2 aromatic rings. The number of rotatable bonds is 3. The van der Waals surface area contributed by atoms with Crippen LogP contribution in [0.2, 0.25) is 0 Å². The molecule has 3 atom stereocenters. The Bertz CT molecular complexity index is 834. The second-order valence-electron chi connectivity index (χ2n) is 6.27. The average molecular weight is 347 g/mol. The van der Waals surface area contributed by atoms with Gasteiger partial charge >= 0.3 is 6.36 Å². The van der Waals surface area contributed by atoms with Crippen LogP contribution in [-0.2, 0) is 6.42 Å². The largest absolute Gasteiger partial charge is 0.573 e. The molecule has 2 aliphatic carbocycles. The van der Waals surface area contributed by atoms with Gasteiger partial charge in [0.25, 0.3) is 0 Å². The fraction of sp³-hybridized carbons (Fsp3) is 0.278. The number of alkyl halides is 3. The molecule has 7 heteroatoms. The Balaban J connectivity index is 1.48. The van der Waals surface area contributed by atoms with Gasteiger partial charge in [0.1, 0.15) is 0 Å². The Morgan fingerprint density at radius 1 is 1.12 bits per heavy atom. The molecule has 4 rings (SSSR count). The molecule has 0 aliphatic heterocycles. The van der Waals surface area contributed by atoms with Crippen molar-refractivity contribution < 1.29 is 17.9 Å². The number of hydrogen-bond donors (Lipinski definition) is 2. The molecule has 0 amide bonds. The monoisotopic (exact) mass is 347 g/mol. The minimum atomic E-state index is -4.76. The lowest BCUT2D eigenvalue weighted by Crippen LogP contribution is -2.25. The first kappa shape index (κ1) is 15.8. The summed E-state index contributed by atoms with van der Waals surface area (Å²) in [4.78, 5) is 4.45. The quantitative estimate of drug-likeness (QED) is 0.658. The first-order valence-electron chi connectivity index (χ1n) is 7.95. The van der Waals surface area contributed by atoms with Gasteiger partial charge in [0.15, 0.2) is 11.7 Å². The standard InChI is InChI=1S/C18H16F3N3O/c19-18(20,21)25-14-8-4-3-7-13(14)23-17(22)24-16-12-9-10-5-1-2-6-11(10)15(12)16/h1-8,12,15-16H,9H2,(H3,22,23,24). The Hall–Kier alpha value is -2.70. The SMILES string of the molecule is NC(=NC1C2Cc3ccccc3C21)Nc1ccccc1OC(F)(F)F. The van der Waals surface area contributed by atoms with Gasteiger partial charge < -0.3 is 15.8 Å². The first-order chi connectivity index (χ1) is 11.9. The lowest BCUT2D eigenvalue weighted by atomic mass is 10.1. The lowest BCUT2D eigenvalue weighted by Gasteiger charge is -2.14. The Morgan fingerprint density at radius 2 is 1.84 bits per heavy atom. The summed E-state index contributed by atoms with van der Waals surface area (Å²) >= 11 is 0. The van der Waals surface area contributed by atoms with Gasteiger partial charge in [-0.3, -0.25) is 0 Å². The van der Waals surface area contributed by atoms with E-state index in [2.05, 4.69) is 27.2 Å². The van der Waals surface area contributed by atoms with Crippen LogP contribution in [0.3, 0.4) is 0 Å². The zero-order chi connectivity index (χ0) is 17.6. The highest BCUT2D eigenvalue weighted by atomic mass is 19.4. The maximum atomic E-state index is 12.5. The maximum absolute atomic E-state index is 12.5. The van der Waals surface area contributed by atoms with E-state index in [1.165, 1.54) is 29.3 Å². The minimum absolute atomic E-state index is 0.0816. The van der Waals surface area contributed by atoms with Crippen molar-refractivity contribution in [2.75, 3.05) is 5.32 Å². The summed E-state index contributed by atoms with van der Waals surface area (Å²) in [5.74, 6) is 0.544. The third-order valence-corrected chi connectivity index (χ3v) is 4.66. The second kappa shape index (κ2) is 5.68. The number of benzene rings is 2. The van der Waals surface area contributed by atoms with Crippen LogP contribution in [0.25, 0.3) is 0 Å². The molecule has 0 aromatic heterocycles. The van der Waals surface area contributed by atoms with Crippen molar-refractivity contribution >= 4 is 11.6 Å². The van der Waals surface area contributed by atoms with E-state index in [9.17, 15) is 13.2 Å². The van der Waals surface area contributed by atoms with Gasteiger partial charge in [0.05, 0.1) is 11.7 Å². The highest BCUT2D eigenvalue weighted by Crippen LogP contribution is 2.58. The summed E-state index contributed by atoms with van der Waals surface area (Å²) in [7, 11) is 0. The van der Waals surface area contributed by atoms with Crippen LogP contribution in [0.5, 0.6) is 5.75 Å². The van der Waals surface area contributed by atoms with Gasteiger partial charge in [-0.15, -0.1) is 13.2 Å². The number of nitrogens with zero attached hydrogens (tertiary/aromatic N) is 1. The topological polar surface area (TPSA) is 59.6 Å². The molecule has 4 nitrogen and oxygen atoms in total. The molecular weight excluding hydrogens is 331 g/mol. The number of ether oxygens (including phenoxy) is 1. The average Bonchev–Trinajstić information content (AvgIpc) is 3.04. The number of guanidine groups is 1. The Morgan fingerprint density at radius 3 is 2.64 bits per heavy atom. The van der Waals surface area contributed by atoms with Crippen molar-refractivity contribution in [3.8, 4) is 5.75 Å². The molecule has 0 heterocycles. The number of aliphatic imine (C=N–C) groups is 1.